The normalized spacial score (nSPS) is 17.3. The third kappa shape index (κ3) is 3.14. The zero-order chi connectivity index (χ0) is 16.4. The Morgan fingerprint density at radius 2 is 2.26 bits per heavy atom. The molecule has 0 fully saturated rings. The fraction of sp³-hybridized carbons (Fsp3) is 0.562. The standard InChI is InChI=1S/C16H23N5O2/c1-12-16-17-11-14(5-9-23-3)21(16)8-7-20(12)15(22)10-13-4-6-19(2)18-13/h4,6,11-12H,5,7-10H2,1-3H3. The van der Waals surface area contributed by atoms with E-state index in [-0.39, 0.29) is 11.9 Å². The third-order valence-electron chi connectivity index (χ3n) is 4.36. The summed E-state index contributed by atoms with van der Waals surface area (Å²) in [6.07, 6.45) is 4.94. The van der Waals surface area contributed by atoms with Crippen molar-refractivity contribution in [1.82, 2.24) is 24.2 Å². The summed E-state index contributed by atoms with van der Waals surface area (Å²) in [5.74, 6) is 1.06. The second-order valence-corrected chi connectivity index (χ2v) is 5.92. The van der Waals surface area contributed by atoms with E-state index in [9.17, 15) is 4.79 Å². The molecule has 3 heterocycles. The summed E-state index contributed by atoms with van der Waals surface area (Å²) < 4.78 is 9.08. The zero-order valence-corrected chi connectivity index (χ0v) is 13.9. The minimum absolute atomic E-state index is 0.0174. The highest BCUT2D eigenvalue weighted by Gasteiger charge is 2.30. The first-order valence-corrected chi connectivity index (χ1v) is 7.91. The maximum Gasteiger partial charge on any atom is 0.229 e. The lowest BCUT2D eigenvalue weighted by Gasteiger charge is -2.34. The molecule has 124 valence electrons. The van der Waals surface area contributed by atoms with Gasteiger partial charge in [0.05, 0.1) is 24.8 Å². The van der Waals surface area contributed by atoms with Crippen LogP contribution < -0.4 is 0 Å². The molecule has 1 aliphatic heterocycles. The summed E-state index contributed by atoms with van der Waals surface area (Å²) in [4.78, 5) is 19.0. The van der Waals surface area contributed by atoms with Crippen LogP contribution in [0, 0.1) is 0 Å². The van der Waals surface area contributed by atoms with Crippen molar-refractivity contribution < 1.29 is 9.53 Å². The molecule has 1 unspecified atom stereocenters. The lowest BCUT2D eigenvalue weighted by Crippen LogP contribution is -2.42. The Morgan fingerprint density at radius 3 is 2.96 bits per heavy atom. The Labute approximate surface area is 135 Å². The summed E-state index contributed by atoms with van der Waals surface area (Å²) in [7, 11) is 3.56. The van der Waals surface area contributed by atoms with Crippen LogP contribution in [0.25, 0.3) is 0 Å². The highest BCUT2D eigenvalue weighted by atomic mass is 16.5. The van der Waals surface area contributed by atoms with Crippen LogP contribution >= 0.6 is 0 Å². The summed E-state index contributed by atoms with van der Waals surface area (Å²) >= 11 is 0. The second-order valence-electron chi connectivity index (χ2n) is 5.92. The van der Waals surface area contributed by atoms with Gasteiger partial charge < -0.3 is 14.2 Å². The molecule has 0 saturated heterocycles. The van der Waals surface area contributed by atoms with Gasteiger partial charge in [-0.25, -0.2) is 4.98 Å². The lowest BCUT2D eigenvalue weighted by atomic mass is 10.1. The van der Waals surface area contributed by atoms with E-state index in [0.717, 1.165) is 24.5 Å². The molecule has 0 saturated carbocycles. The number of hydrogen-bond donors (Lipinski definition) is 0. The number of fused-ring (bicyclic) bond motifs is 1. The second kappa shape index (κ2) is 6.54. The monoisotopic (exact) mass is 317 g/mol. The molecule has 3 rings (SSSR count). The van der Waals surface area contributed by atoms with Gasteiger partial charge in [0.2, 0.25) is 5.91 Å². The topological polar surface area (TPSA) is 65.2 Å². The molecule has 7 nitrogen and oxygen atoms in total. The van der Waals surface area contributed by atoms with Crippen LogP contribution in [0.15, 0.2) is 18.5 Å². The first-order valence-electron chi connectivity index (χ1n) is 7.91. The molecule has 1 atom stereocenters. The van der Waals surface area contributed by atoms with Crippen molar-refractivity contribution in [2.24, 2.45) is 7.05 Å². The molecule has 2 aromatic rings. The number of carbonyl (C=O) groups excluding carboxylic acids is 1. The number of amides is 1. The van der Waals surface area contributed by atoms with Gasteiger partial charge >= 0.3 is 0 Å². The number of aromatic nitrogens is 4. The van der Waals surface area contributed by atoms with Gasteiger partial charge in [-0.1, -0.05) is 0 Å². The Hall–Kier alpha value is -2.15. The number of hydrogen-bond acceptors (Lipinski definition) is 4. The van der Waals surface area contributed by atoms with E-state index < -0.39 is 0 Å². The van der Waals surface area contributed by atoms with Crippen LogP contribution in [0.2, 0.25) is 0 Å². The molecule has 1 aliphatic rings. The number of imidazole rings is 1. The van der Waals surface area contributed by atoms with Gasteiger partial charge in [0.1, 0.15) is 5.82 Å². The van der Waals surface area contributed by atoms with Crippen LogP contribution in [-0.4, -0.2) is 50.4 Å². The highest BCUT2D eigenvalue weighted by molar-refractivity contribution is 5.78. The molecule has 0 aromatic carbocycles. The smallest absolute Gasteiger partial charge is 0.229 e. The van der Waals surface area contributed by atoms with E-state index in [2.05, 4.69) is 14.6 Å². The minimum atomic E-state index is -0.0174. The van der Waals surface area contributed by atoms with Crippen molar-refractivity contribution in [1.29, 1.82) is 0 Å². The van der Waals surface area contributed by atoms with Gasteiger partial charge in [0.25, 0.3) is 0 Å². The number of aryl methyl sites for hydroxylation is 1. The number of methoxy groups -OCH3 is 1. The van der Waals surface area contributed by atoms with Gasteiger partial charge in [0.15, 0.2) is 0 Å². The zero-order valence-electron chi connectivity index (χ0n) is 13.9. The number of ether oxygens (including phenoxy) is 1. The predicted molar refractivity (Wildman–Crippen MR) is 84.8 cm³/mol. The van der Waals surface area contributed by atoms with Crippen molar-refractivity contribution in [3.63, 3.8) is 0 Å². The van der Waals surface area contributed by atoms with E-state index in [0.29, 0.717) is 19.6 Å². The molecule has 0 N–H and O–H groups in total. The van der Waals surface area contributed by atoms with Gasteiger partial charge in [-0.3, -0.25) is 9.48 Å². The molecular formula is C16H23N5O2. The average molecular weight is 317 g/mol. The van der Waals surface area contributed by atoms with Gasteiger partial charge in [-0.05, 0) is 13.0 Å². The quantitative estimate of drug-likeness (QED) is 0.823. The van der Waals surface area contributed by atoms with Crippen LogP contribution in [0.1, 0.15) is 30.2 Å². The minimum Gasteiger partial charge on any atom is -0.384 e. The SMILES string of the molecule is COCCc1cnc2n1CCN(C(=O)Cc1ccn(C)n1)C2C. The Balaban J connectivity index is 1.71. The van der Waals surface area contributed by atoms with E-state index in [4.69, 9.17) is 4.74 Å². The fourth-order valence-electron chi connectivity index (χ4n) is 3.12. The first-order chi connectivity index (χ1) is 11.1. The van der Waals surface area contributed by atoms with Crippen LogP contribution in [0.4, 0.5) is 0 Å². The Bertz CT molecular complexity index is 690. The van der Waals surface area contributed by atoms with Crippen molar-refractivity contribution in [3.8, 4) is 0 Å². The van der Waals surface area contributed by atoms with Gasteiger partial charge in [-0.15, -0.1) is 0 Å². The lowest BCUT2D eigenvalue weighted by molar-refractivity contribution is -0.133. The van der Waals surface area contributed by atoms with Crippen molar-refractivity contribution in [3.05, 3.63) is 35.7 Å². The maximum atomic E-state index is 12.6. The molecule has 2 aromatic heterocycles. The summed E-state index contributed by atoms with van der Waals surface area (Å²) in [6, 6.07) is 1.87. The van der Waals surface area contributed by atoms with Crippen molar-refractivity contribution in [2.45, 2.75) is 32.4 Å². The number of rotatable bonds is 5. The van der Waals surface area contributed by atoms with Crippen molar-refractivity contribution in [2.75, 3.05) is 20.3 Å². The van der Waals surface area contributed by atoms with Crippen LogP contribution in [-0.2, 0) is 36.0 Å². The summed E-state index contributed by atoms with van der Waals surface area (Å²) in [6.45, 7) is 4.21. The average Bonchev–Trinajstić information content (AvgIpc) is 3.12. The Kier molecular flexibility index (Phi) is 4.47. The number of nitrogens with zero attached hydrogens (tertiary/aromatic N) is 5. The molecule has 0 bridgehead atoms. The Morgan fingerprint density at radius 1 is 1.43 bits per heavy atom. The maximum absolute atomic E-state index is 12.6. The summed E-state index contributed by atoms with van der Waals surface area (Å²) in [5.41, 5.74) is 1.98. The largest absolute Gasteiger partial charge is 0.384 e. The van der Waals surface area contributed by atoms with Gasteiger partial charge in [0, 0.05) is 51.8 Å². The molecule has 1 amide bonds. The van der Waals surface area contributed by atoms with E-state index in [1.54, 1.807) is 11.8 Å². The molecule has 0 aliphatic carbocycles. The van der Waals surface area contributed by atoms with Crippen molar-refractivity contribution >= 4 is 5.91 Å². The molecule has 23 heavy (non-hydrogen) atoms. The highest BCUT2D eigenvalue weighted by Crippen LogP contribution is 2.26. The third-order valence-corrected chi connectivity index (χ3v) is 4.36. The molecule has 0 radical (unpaired) electrons. The molecule has 7 heteroatoms. The van der Waals surface area contributed by atoms with E-state index in [1.807, 2.05) is 37.3 Å². The first kappa shape index (κ1) is 15.7. The van der Waals surface area contributed by atoms with Gasteiger partial charge in [-0.2, -0.15) is 5.10 Å². The van der Waals surface area contributed by atoms with E-state index >= 15 is 0 Å². The van der Waals surface area contributed by atoms with Crippen LogP contribution in [0.3, 0.4) is 0 Å². The molecule has 0 spiro atoms. The number of carbonyl (C=O) groups is 1. The summed E-state index contributed by atoms with van der Waals surface area (Å²) in [5, 5.41) is 4.29. The van der Waals surface area contributed by atoms with E-state index in [1.165, 1.54) is 5.69 Å². The fourth-order valence-corrected chi connectivity index (χ4v) is 3.12. The van der Waals surface area contributed by atoms with Crippen LogP contribution in [0.5, 0.6) is 0 Å². The predicted octanol–water partition coefficient (Wildman–Crippen LogP) is 0.951. The molecular weight excluding hydrogens is 294 g/mol.